The van der Waals surface area contributed by atoms with Gasteiger partial charge in [-0.3, -0.25) is 9.59 Å². The molecule has 0 saturated heterocycles. The van der Waals surface area contributed by atoms with Gasteiger partial charge in [-0.1, -0.05) is 30.3 Å². The second-order valence-corrected chi connectivity index (χ2v) is 6.33. The van der Waals surface area contributed by atoms with Gasteiger partial charge in [0.1, 0.15) is 0 Å². The maximum Gasteiger partial charge on any atom is 0.416 e. The van der Waals surface area contributed by atoms with Crippen molar-refractivity contribution in [2.24, 2.45) is 0 Å². The van der Waals surface area contributed by atoms with Gasteiger partial charge < -0.3 is 10.6 Å². The molecule has 7 heteroatoms. The molecule has 2 amide bonds. The number of hydrogen-bond donors (Lipinski definition) is 2. The highest BCUT2D eigenvalue weighted by molar-refractivity contribution is 6.08. The second kappa shape index (κ2) is 8.18. The number of carbonyl (C=O) groups excluding carboxylic acids is 2. The topological polar surface area (TPSA) is 58.2 Å². The highest BCUT2D eigenvalue weighted by Gasteiger charge is 2.30. The predicted octanol–water partition coefficient (Wildman–Crippen LogP) is 5.58. The van der Waals surface area contributed by atoms with Crippen LogP contribution in [0.25, 0.3) is 11.1 Å². The number of halogens is 3. The van der Waals surface area contributed by atoms with E-state index in [4.69, 9.17) is 0 Å². The lowest BCUT2D eigenvalue weighted by atomic mass is 9.98. The average molecular weight is 398 g/mol. The van der Waals surface area contributed by atoms with Crippen molar-refractivity contribution in [3.63, 3.8) is 0 Å². The summed E-state index contributed by atoms with van der Waals surface area (Å²) >= 11 is 0. The second-order valence-electron chi connectivity index (χ2n) is 6.33. The molecule has 3 aromatic rings. The Morgan fingerprint density at radius 1 is 0.759 bits per heavy atom. The first-order valence-electron chi connectivity index (χ1n) is 8.70. The van der Waals surface area contributed by atoms with Gasteiger partial charge in [0.2, 0.25) is 5.91 Å². The molecule has 0 saturated carbocycles. The van der Waals surface area contributed by atoms with Gasteiger partial charge in [-0.05, 0) is 53.6 Å². The van der Waals surface area contributed by atoms with E-state index in [0.717, 1.165) is 12.1 Å². The van der Waals surface area contributed by atoms with Crippen LogP contribution in [0.1, 0.15) is 22.8 Å². The van der Waals surface area contributed by atoms with Crippen molar-refractivity contribution in [2.75, 3.05) is 10.6 Å². The third-order valence-electron chi connectivity index (χ3n) is 4.16. The molecule has 148 valence electrons. The predicted molar refractivity (Wildman–Crippen MR) is 106 cm³/mol. The van der Waals surface area contributed by atoms with E-state index in [9.17, 15) is 22.8 Å². The van der Waals surface area contributed by atoms with Crippen LogP contribution in [-0.4, -0.2) is 11.8 Å². The van der Waals surface area contributed by atoms with Gasteiger partial charge in [0, 0.05) is 23.9 Å². The lowest BCUT2D eigenvalue weighted by molar-refractivity contribution is -0.137. The standard InChI is InChI=1S/C22H17F3N2O2/c1-14(28)26-17-10-12-18(13-11-17)27-21(29)20-5-3-2-4-19(20)15-6-8-16(9-7-15)22(23,24)25/h2-13H,1H3,(H,26,28)(H,27,29). The third-order valence-corrected chi connectivity index (χ3v) is 4.16. The summed E-state index contributed by atoms with van der Waals surface area (Å²) < 4.78 is 38.3. The number of carbonyl (C=O) groups is 2. The Kier molecular flexibility index (Phi) is 5.68. The monoisotopic (exact) mass is 398 g/mol. The van der Waals surface area contributed by atoms with Crippen molar-refractivity contribution in [1.29, 1.82) is 0 Å². The molecular formula is C22H17F3N2O2. The van der Waals surface area contributed by atoms with Gasteiger partial charge in [0.15, 0.2) is 0 Å². The lowest BCUT2D eigenvalue weighted by Gasteiger charge is -2.12. The number of hydrogen-bond acceptors (Lipinski definition) is 2. The first-order chi connectivity index (χ1) is 13.7. The summed E-state index contributed by atoms with van der Waals surface area (Å²) in [7, 11) is 0. The van der Waals surface area contributed by atoms with E-state index < -0.39 is 17.6 Å². The Hall–Kier alpha value is -3.61. The third kappa shape index (κ3) is 5.01. The molecule has 0 atom stereocenters. The van der Waals surface area contributed by atoms with E-state index in [1.165, 1.54) is 19.1 Å². The number of rotatable bonds is 4. The Morgan fingerprint density at radius 2 is 1.31 bits per heavy atom. The molecule has 3 aromatic carbocycles. The first kappa shape index (κ1) is 20.1. The van der Waals surface area contributed by atoms with Crippen LogP contribution in [0.3, 0.4) is 0 Å². The number of amides is 2. The zero-order valence-electron chi connectivity index (χ0n) is 15.4. The molecule has 2 N–H and O–H groups in total. The minimum Gasteiger partial charge on any atom is -0.326 e. The summed E-state index contributed by atoms with van der Waals surface area (Å²) in [5.74, 6) is -0.597. The number of benzene rings is 3. The fourth-order valence-electron chi connectivity index (χ4n) is 2.81. The molecule has 0 bridgehead atoms. The molecule has 0 fully saturated rings. The molecular weight excluding hydrogens is 381 g/mol. The van der Waals surface area contributed by atoms with E-state index in [1.807, 2.05) is 0 Å². The summed E-state index contributed by atoms with van der Waals surface area (Å²) in [6, 6.07) is 17.9. The first-order valence-corrected chi connectivity index (χ1v) is 8.70. The molecule has 0 aliphatic heterocycles. The smallest absolute Gasteiger partial charge is 0.326 e. The Morgan fingerprint density at radius 3 is 1.86 bits per heavy atom. The minimum absolute atomic E-state index is 0.202. The van der Waals surface area contributed by atoms with Crippen LogP contribution in [0.4, 0.5) is 24.5 Å². The van der Waals surface area contributed by atoms with Crippen LogP contribution >= 0.6 is 0 Å². The number of anilines is 2. The van der Waals surface area contributed by atoms with E-state index in [-0.39, 0.29) is 5.91 Å². The highest BCUT2D eigenvalue weighted by Crippen LogP contribution is 2.32. The maximum absolute atomic E-state index is 12.8. The molecule has 4 nitrogen and oxygen atoms in total. The zero-order chi connectivity index (χ0) is 21.0. The zero-order valence-corrected chi connectivity index (χ0v) is 15.4. The van der Waals surface area contributed by atoms with Crippen LogP contribution in [0, 0.1) is 0 Å². The largest absolute Gasteiger partial charge is 0.416 e. The molecule has 29 heavy (non-hydrogen) atoms. The van der Waals surface area contributed by atoms with Gasteiger partial charge in [0.25, 0.3) is 5.91 Å². The molecule has 0 aliphatic rings. The van der Waals surface area contributed by atoms with E-state index >= 15 is 0 Å². The lowest BCUT2D eigenvalue weighted by Crippen LogP contribution is -2.13. The van der Waals surface area contributed by atoms with Gasteiger partial charge in [0.05, 0.1) is 5.56 Å². The summed E-state index contributed by atoms with van der Waals surface area (Å²) in [4.78, 5) is 23.8. The molecule has 0 aromatic heterocycles. The van der Waals surface area contributed by atoms with E-state index in [2.05, 4.69) is 10.6 Å². The van der Waals surface area contributed by atoms with Crippen LogP contribution in [0.15, 0.2) is 72.8 Å². The summed E-state index contributed by atoms with van der Waals surface area (Å²) in [6.45, 7) is 1.40. The average Bonchev–Trinajstić information content (AvgIpc) is 2.68. The minimum atomic E-state index is -4.42. The molecule has 0 spiro atoms. The molecule has 0 unspecified atom stereocenters. The normalized spacial score (nSPS) is 11.0. The summed E-state index contributed by atoms with van der Waals surface area (Å²) in [5.41, 5.74) is 1.73. The van der Waals surface area contributed by atoms with Crippen LogP contribution in [-0.2, 0) is 11.0 Å². The van der Waals surface area contributed by atoms with E-state index in [0.29, 0.717) is 28.1 Å². The molecule has 3 rings (SSSR count). The summed E-state index contributed by atoms with van der Waals surface area (Å²) in [5, 5.41) is 5.38. The van der Waals surface area contributed by atoms with Crippen molar-refractivity contribution >= 4 is 23.2 Å². The maximum atomic E-state index is 12.8. The quantitative estimate of drug-likeness (QED) is 0.603. The Labute approximate surface area is 165 Å². The van der Waals surface area contributed by atoms with Crippen molar-refractivity contribution in [3.8, 4) is 11.1 Å². The van der Waals surface area contributed by atoms with Gasteiger partial charge in [-0.15, -0.1) is 0 Å². The summed E-state index contributed by atoms with van der Waals surface area (Å²) in [6.07, 6.45) is -4.42. The molecule has 0 radical (unpaired) electrons. The van der Waals surface area contributed by atoms with Crippen molar-refractivity contribution < 1.29 is 22.8 Å². The van der Waals surface area contributed by atoms with Gasteiger partial charge in [-0.25, -0.2) is 0 Å². The van der Waals surface area contributed by atoms with Crippen LogP contribution < -0.4 is 10.6 Å². The van der Waals surface area contributed by atoms with Crippen molar-refractivity contribution in [2.45, 2.75) is 13.1 Å². The van der Waals surface area contributed by atoms with E-state index in [1.54, 1.807) is 48.5 Å². The fourth-order valence-corrected chi connectivity index (χ4v) is 2.81. The fraction of sp³-hybridized carbons (Fsp3) is 0.0909. The Bertz CT molecular complexity index is 1030. The SMILES string of the molecule is CC(=O)Nc1ccc(NC(=O)c2ccccc2-c2ccc(C(F)(F)F)cc2)cc1. The van der Waals surface area contributed by atoms with Crippen LogP contribution in [0.2, 0.25) is 0 Å². The van der Waals surface area contributed by atoms with Crippen molar-refractivity contribution in [1.82, 2.24) is 0 Å². The van der Waals surface area contributed by atoms with Crippen molar-refractivity contribution in [3.05, 3.63) is 83.9 Å². The molecule has 0 heterocycles. The number of alkyl halides is 3. The van der Waals surface area contributed by atoms with Gasteiger partial charge >= 0.3 is 6.18 Å². The molecule has 0 aliphatic carbocycles. The van der Waals surface area contributed by atoms with Crippen LogP contribution in [0.5, 0.6) is 0 Å². The van der Waals surface area contributed by atoms with Gasteiger partial charge in [-0.2, -0.15) is 13.2 Å². The Balaban J connectivity index is 1.83. The highest BCUT2D eigenvalue weighted by atomic mass is 19.4. The number of nitrogens with one attached hydrogen (secondary N) is 2.